The number of fused-ring (bicyclic) bond motifs is 2. The molecule has 7 aromatic carbocycles. The molecule has 258 valence electrons. The van der Waals surface area contributed by atoms with Gasteiger partial charge in [0.2, 0.25) is 0 Å². The van der Waals surface area contributed by atoms with Crippen LogP contribution in [0.4, 0.5) is 0 Å². The number of imidazole rings is 1. The van der Waals surface area contributed by atoms with Crippen molar-refractivity contribution in [2.24, 2.45) is 0 Å². The van der Waals surface area contributed by atoms with Gasteiger partial charge in [-0.15, -0.1) is 0 Å². The highest BCUT2D eigenvalue weighted by Gasteiger charge is 2.17. The lowest BCUT2D eigenvalue weighted by Gasteiger charge is -2.12. The first-order valence-electron chi connectivity index (χ1n) is 18.6. The lowest BCUT2D eigenvalue weighted by molar-refractivity contribution is 1.19. The number of nitrogens with zero attached hydrogens (tertiary/aromatic N) is 3. The molecule has 10 rings (SSSR count). The maximum atomic E-state index is 5.29. The van der Waals surface area contributed by atoms with Crippen LogP contribution in [0.15, 0.2) is 212 Å². The van der Waals surface area contributed by atoms with E-state index in [4.69, 9.17) is 9.97 Å². The largest absolute Gasteiger partial charge is 0.299 e. The Morgan fingerprint density at radius 3 is 1.35 bits per heavy atom. The fourth-order valence-electron chi connectivity index (χ4n) is 7.55. The molecule has 0 radical (unpaired) electrons. The van der Waals surface area contributed by atoms with E-state index in [-0.39, 0.29) is 0 Å². The van der Waals surface area contributed by atoms with E-state index in [9.17, 15) is 0 Å². The van der Waals surface area contributed by atoms with E-state index >= 15 is 0 Å². The third kappa shape index (κ3) is 6.28. The highest BCUT2D eigenvalue weighted by atomic mass is 15.0. The van der Waals surface area contributed by atoms with E-state index in [0.717, 1.165) is 61.8 Å². The summed E-state index contributed by atoms with van der Waals surface area (Å²) in [6.07, 6.45) is 2.10. The summed E-state index contributed by atoms with van der Waals surface area (Å²) >= 11 is 0. The van der Waals surface area contributed by atoms with Gasteiger partial charge in [-0.05, 0) is 74.5 Å². The Kier molecular flexibility index (Phi) is 8.16. The number of hydrogen-bond donors (Lipinski definition) is 0. The van der Waals surface area contributed by atoms with Crippen molar-refractivity contribution in [3.05, 3.63) is 212 Å². The third-order valence-corrected chi connectivity index (χ3v) is 10.4. The van der Waals surface area contributed by atoms with Crippen LogP contribution in [0.5, 0.6) is 0 Å². The van der Waals surface area contributed by atoms with E-state index in [1.165, 1.54) is 33.0 Å². The van der Waals surface area contributed by atoms with Crippen LogP contribution in [0, 0.1) is 0 Å². The van der Waals surface area contributed by atoms with Crippen LogP contribution in [0.2, 0.25) is 0 Å². The van der Waals surface area contributed by atoms with Gasteiger partial charge in [-0.25, -0.2) is 9.97 Å². The second-order valence-corrected chi connectivity index (χ2v) is 13.9. The zero-order chi connectivity index (χ0) is 36.6. The van der Waals surface area contributed by atoms with Crippen molar-refractivity contribution >= 4 is 16.4 Å². The predicted octanol–water partition coefficient (Wildman–Crippen LogP) is 13.6. The van der Waals surface area contributed by atoms with Crippen LogP contribution in [0.25, 0.3) is 94.8 Å². The third-order valence-electron chi connectivity index (χ3n) is 10.4. The van der Waals surface area contributed by atoms with Gasteiger partial charge in [0, 0.05) is 28.5 Å². The van der Waals surface area contributed by atoms with Crippen molar-refractivity contribution in [1.29, 1.82) is 0 Å². The van der Waals surface area contributed by atoms with Crippen LogP contribution < -0.4 is 0 Å². The lowest BCUT2D eigenvalue weighted by atomic mass is 9.96. The van der Waals surface area contributed by atoms with Gasteiger partial charge in [-0.3, -0.25) is 4.40 Å². The molecule has 10 aromatic rings. The summed E-state index contributed by atoms with van der Waals surface area (Å²) in [5.74, 6) is 0. The first kappa shape index (κ1) is 32.3. The second-order valence-electron chi connectivity index (χ2n) is 13.9. The molecule has 0 fully saturated rings. The van der Waals surface area contributed by atoms with Gasteiger partial charge in [0.25, 0.3) is 0 Å². The molecule has 55 heavy (non-hydrogen) atoms. The summed E-state index contributed by atoms with van der Waals surface area (Å²) in [5.41, 5.74) is 16.2. The Morgan fingerprint density at radius 1 is 0.291 bits per heavy atom. The Hall–Kier alpha value is -7.36. The van der Waals surface area contributed by atoms with Crippen LogP contribution in [0.1, 0.15) is 0 Å². The van der Waals surface area contributed by atoms with Gasteiger partial charge in [0.1, 0.15) is 5.65 Å². The van der Waals surface area contributed by atoms with Crippen molar-refractivity contribution < 1.29 is 0 Å². The normalized spacial score (nSPS) is 11.3. The van der Waals surface area contributed by atoms with Gasteiger partial charge >= 0.3 is 0 Å². The molecule has 0 N–H and O–H groups in total. The molecule has 3 heteroatoms. The van der Waals surface area contributed by atoms with Gasteiger partial charge in [0.05, 0.1) is 22.8 Å². The Labute approximate surface area is 320 Å². The van der Waals surface area contributed by atoms with Crippen molar-refractivity contribution in [3.8, 4) is 78.4 Å². The second kappa shape index (κ2) is 13.9. The Bertz CT molecular complexity index is 2830. The summed E-state index contributed by atoms with van der Waals surface area (Å²) in [6, 6.07) is 73.0. The van der Waals surface area contributed by atoms with E-state index in [2.05, 4.69) is 211 Å². The maximum absolute atomic E-state index is 5.29. The lowest BCUT2D eigenvalue weighted by Crippen LogP contribution is -1.93. The zero-order valence-corrected chi connectivity index (χ0v) is 30.0. The molecular formula is C52H35N3. The zero-order valence-electron chi connectivity index (χ0n) is 30.0. The molecule has 0 amide bonds. The Balaban J connectivity index is 1.06. The fourth-order valence-corrected chi connectivity index (χ4v) is 7.55. The summed E-state index contributed by atoms with van der Waals surface area (Å²) in [6.45, 7) is 0. The smallest absolute Gasteiger partial charge is 0.137 e. The SMILES string of the molecule is c1ccc(-c2ccc(-c3cc(-c4ccc(-c5ccccc5)cc4)nc(-c4ccc(-c5c(-c6ccc7ccccc7c6)nc6ccccn56)cc4)c3)cc2)cc1. The quantitative estimate of drug-likeness (QED) is 0.166. The highest BCUT2D eigenvalue weighted by molar-refractivity contribution is 5.91. The van der Waals surface area contributed by atoms with Crippen LogP contribution in [-0.4, -0.2) is 14.4 Å². The molecular weight excluding hydrogens is 667 g/mol. The van der Waals surface area contributed by atoms with Crippen LogP contribution in [-0.2, 0) is 0 Å². The minimum Gasteiger partial charge on any atom is -0.299 e. The molecule has 3 nitrogen and oxygen atoms in total. The molecule has 0 atom stereocenters. The molecule has 0 spiro atoms. The summed E-state index contributed by atoms with van der Waals surface area (Å²) in [7, 11) is 0. The molecule has 0 aliphatic carbocycles. The average molecular weight is 702 g/mol. The van der Waals surface area contributed by atoms with Crippen molar-refractivity contribution in [2.75, 3.05) is 0 Å². The first-order valence-corrected chi connectivity index (χ1v) is 18.6. The summed E-state index contributed by atoms with van der Waals surface area (Å²) in [4.78, 5) is 10.4. The average Bonchev–Trinajstić information content (AvgIpc) is 3.67. The number of benzene rings is 7. The number of hydrogen-bond acceptors (Lipinski definition) is 2. The van der Waals surface area contributed by atoms with Crippen LogP contribution >= 0.6 is 0 Å². The van der Waals surface area contributed by atoms with Crippen molar-refractivity contribution in [3.63, 3.8) is 0 Å². The predicted molar refractivity (Wildman–Crippen MR) is 229 cm³/mol. The van der Waals surface area contributed by atoms with Crippen molar-refractivity contribution in [2.45, 2.75) is 0 Å². The minimum absolute atomic E-state index is 0.917. The standard InChI is InChI=1S/C52H35N3/c1-3-11-36(12-4-1)39-18-20-41(21-19-39)47-34-48(42-25-22-40(23-26-42)37-13-5-2-6-14-37)53-49(35-47)43-27-29-44(30-28-43)52-51(54-50-17-9-10-32-55(50)52)46-31-24-38-15-7-8-16-45(38)33-46/h1-35H. The molecule has 0 aliphatic rings. The molecule has 3 aromatic heterocycles. The van der Waals surface area contributed by atoms with Gasteiger partial charge < -0.3 is 0 Å². The number of pyridine rings is 2. The van der Waals surface area contributed by atoms with Crippen LogP contribution in [0.3, 0.4) is 0 Å². The number of aromatic nitrogens is 3. The first-order chi connectivity index (χ1) is 27.2. The monoisotopic (exact) mass is 701 g/mol. The van der Waals surface area contributed by atoms with Gasteiger partial charge in [-0.2, -0.15) is 0 Å². The van der Waals surface area contributed by atoms with Gasteiger partial charge in [0.15, 0.2) is 0 Å². The number of rotatable bonds is 7. The van der Waals surface area contributed by atoms with Gasteiger partial charge in [-0.1, -0.05) is 176 Å². The van der Waals surface area contributed by atoms with Crippen molar-refractivity contribution in [1.82, 2.24) is 14.4 Å². The highest BCUT2D eigenvalue weighted by Crippen LogP contribution is 2.37. The molecule has 3 heterocycles. The van der Waals surface area contributed by atoms with E-state index in [1.54, 1.807) is 0 Å². The molecule has 0 saturated carbocycles. The molecule has 0 saturated heterocycles. The minimum atomic E-state index is 0.917. The fraction of sp³-hybridized carbons (Fsp3) is 0. The summed E-state index contributed by atoms with van der Waals surface area (Å²) in [5, 5.41) is 2.42. The Morgan fingerprint density at radius 2 is 0.745 bits per heavy atom. The maximum Gasteiger partial charge on any atom is 0.137 e. The molecule has 0 bridgehead atoms. The van der Waals surface area contributed by atoms with E-state index < -0.39 is 0 Å². The van der Waals surface area contributed by atoms with E-state index in [0.29, 0.717) is 0 Å². The molecule has 0 unspecified atom stereocenters. The topological polar surface area (TPSA) is 30.2 Å². The van der Waals surface area contributed by atoms with E-state index in [1.807, 2.05) is 6.07 Å². The summed E-state index contributed by atoms with van der Waals surface area (Å²) < 4.78 is 2.19. The molecule has 0 aliphatic heterocycles.